The van der Waals surface area contributed by atoms with Crippen LogP contribution in [0.15, 0.2) is 48.5 Å². The zero-order chi connectivity index (χ0) is 15.9. The molecular formula is C18H24N4. The van der Waals surface area contributed by atoms with E-state index in [-0.39, 0.29) is 5.84 Å². The third kappa shape index (κ3) is 4.16. The Hall–Kier alpha value is -2.17. The monoisotopic (exact) mass is 296 g/mol. The molecule has 0 fully saturated rings. The molecule has 22 heavy (non-hydrogen) atoms. The summed E-state index contributed by atoms with van der Waals surface area (Å²) >= 11 is 0. The van der Waals surface area contributed by atoms with Crippen molar-refractivity contribution in [3.8, 4) is 11.1 Å². The molecule has 0 saturated carbocycles. The molecule has 2 aromatic carbocycles. The molecule has 4 nitrogen and oxygen atoms in total. The fourth-order valence-corrected chi connectivity index (χ4v) is 2.34. The molecule has 116 valence electrons. The smallest absolute Gasteiger partial charge is 0.140 e. The van der Waals surface area contributed by atoms with Crippen LogP contribution in [0.25, 0.3) is 11.1 Å². The highest BCUT2D eigenvalue weighted by Gasteiger charge is 2.08. The van der Waals surface area contributed by atoms with Crippen molar-refractivity contribution in [3.63, 3.8) is 0 Å². The van der Waals surface area contributed by atoms with Gasteiger partial charge in [0, 0.05) is 12.1 Å². The van der Waals surface area contributed by atoms with Gasteiger partial charge in [-0.25, -0.2) is 5.84 Å². The molecule has 0 aliphatic carbocycles. The summed E-state index contributed by atoms with van der Waals surface area (Å²) in [5.74, 6) is 6.25. The molecule has 0 saturated heterocycles. The second-order valence-corrected chi connectivity index (χ2v) is 5.79. The molecule has 2 aromatic rings. The van der Waals surface area contributed by atoms with Crippen molar-refractivity contribution in [2.75, 3.05) is 6.54 Å². The first-order chi connectivity index (χ1) is 10.6. The topological polar surface area (TPSA) is 73.9 Å². The first kappa shape index (κ1) is 16.2. The van der Waals surface area contributed by atoms with Crippen LogP contribution in [0.2, 0.25) is 0 Å². The molecule has 0 spiro atoms. The number of rotatable bonds is 6. The first-order valence-electron chi connectivity index (χ1n) is 7.56. The first-order valence-corrected chi connectivity index (χ1v) is 7.56. The fraction of sp³-hybridized carbons (Fsp3) is 0.278. The van der Waals surface area contributed by atoms with E-state index < -0.39 is 0 Å². The number of nitrogens with one attached hydrogen (secondary N) is 3. The minimum atomic E-state index is 0.221. The minimum absolute atomic E-state index is 0.221. The van der Waals surface area contributed by atoms with Crippen LogP contribution in [0.4, 0.5) is 0 Å². The second kappa shape index (κ2) is 7.73. The highest BCUT2D eigenvalue weighted by molar-refractivity contribution is 6.02. The third-order valence-corrected chi connectivity index (χ3v) is 3.49. The molecule has 0 aromatic heterocycles. The molecule has 0 unspecified atom stereocenters. The van der Waals surface area contributed by atoms with E-state index in [0.29, 0.717) is 5.92 Å². The lowest BCUT2D eigenvalue weighted by Gasteiger charge is -2.11. The predicted octanol–water partition coefficient (Wildman–Crippen LogP) is 2.89. The molecule has 0 aliphatic heterocycles. The zero-order valence-corrected chi connectivity index (χ0v) is 13.2. The minimum Gasteiger partial charge on any atom is -0.312 e. The summed E-state index contributed by atoms with van der Waals surface area (Å²) in [7, 11) is 0. The van der Waals surface area contributed by atoms with Gasteiger partial charge in [-0.2, -0.15) is 0 Å². The lowest BCUT2D eigenvalue weighted by molar-refractivity contribution is 0.552. The highest BCUT2D eigenvalue weighted by Crippen LogP contribution is 2.24. The maximum Gasteiger partial charge on any atom is 0.140 e. The summed E-state index contributed by atoms with van der Waals surface area (Å²) in [6, 6.07) is 16.2. The molecule has 0 atom stereocenters. The van der Waals surface area contributed by atoms with Gasteiger partial charge in [-0.3, -0.25) is 5.41 Å². The summed E-state index contributed by atoms with van der Waals surface area (Å²) in [4.78, 5) is 0. The number of hydrogen-bond donors (Lipinski definition) is 4. The quantitative estimate of drug-likeness (QED) is 0.287. The standard InChI is InChI=1S/C18H24N4/c1-13(2)11-21-12-14-7-9-15(10-8-14)16-5-3-4-6-17(16)18(19)22-20/h3-10,13,21H,11-12,20H2,1-2H3,(H2,19,22). The largest absolute Gasteiger partial charge is 0.312 e. The van der Waals surface area contributed by atoms with Gasteiger partial charge in [0.15, 0.2) is 0 Å². The van der Waals surface area contributed by atoms with E-state index in [1.165, 1.54) is 5.56 Å². The third-order valence-electron chi connectivity index (χ3n) is 3.49. The maximum atomic E-state index is 7.90. The van der Waals surface area contributed by atoms with Crippen LogP contribution in [0.3, 0.4) is 0 Å². The number of benzene rings is 2. The molecular weight excluding hydrogens is 272 g/mol. The second-order valence-electron chi connectivity index (χ2n) is 5.79. The van der Waals surface area contributed by atoms with Gasteiger partial charge in [0.2, 0.25) is 0 Å². The molecule has 5 N–H and O–H groups in total. The summed E-state index contributed by atoms with van der Waals surface area (Å²) in [5.41, 5.74) is 6.57. The number of hydrazine groups is 1. The van der Waals surface area contributed by atoms with Gasteiger partial charge < -0.3 is 10.7 Å². The van der Waals surface area contributed by atoms with Crippen LogP contribution in [0.1, 0.15) is 25.0 Å². The zero-order valence-electron chi connectivity index (χ0n) is 13.2. The van der Waals surface area contributed by atoms with E-state index >= 15 is 0 Å². The Kier molecular flexibility index (Phi) is 5.69. The molecule has 0 bridgehead atoms. The molecule has 0 amide bonds. The van der Waals surface area contributed by atoms with Gasteiger partial charge in [0.25, 0.3) is 0 Å². The Morgan fingerprint density at radius 1 is 1.09 bits per heavy atom. The van der Waals surface area contributed by atoms with E-state index in [1.54, 1.807) is 0 Å². The van der Waals surface area contributed by atoms with Crippen LogP contribution in [-0.4, -0.2) is 12.4 Å². The van der Waals surface area contributed by atoms with Crippen molar-refractivity contribution in [3.05, 3.63) is 59.7 Å². The van der Waals surface area contributed by atoms with Crippen molar-refractivity contribution >= 4 is 5.84 Å². The van der Waals surface area contributed by atoms with E-state index in [1.807, 2.05) is 24.3 Å². The summed E-state index contributed by atoms with van der Waals surface area (Å²) in [5, 5.41) is 11.3. The average Bonchev–Trinajstić information content (AvgIpc) is 2.54. The van der Waals surface area contributed by atoms with Crippen LogP contribution in [0.5, 0.6) is 0 Å². The van der Waals surface area contributed by atoms with Crippen molar-refractivity contribution in [1.82, 2.24) is 10.7 Å². The Morgan fingerprint density at radius 3 is 2.41 bits per heavy atom. The fourth-order valence-electron chi connectivity index (χ4n) is 2.34. The maximum absolute atomic E-state index is 7.90. The molecule has 0 heterocycles. The van der Waals surface area contributed by atoms with Gasteiger partial charge in [0.05, 0.1) is 0 Å². The summed E-state index contributed by atoms with van der Waals surface area (Å²) in [6.45, 7) is 6.30. The Bertz CT molecular complexity index is 617. The predicted molar refractivity (Wildman–Crippen MR) is 92.6 cm³/mol. The van der Waals surface area contributed by atoms with Gasteiger partial charge in [-0.1, -0.05) is 62.4 Å². The van der Waals surface area contributed by atoms with Gasteiger partial charge in [0.1, 0.15) is 5.84 Å². The van der Waals surface area contributed by atoms with E-state index in [4.69, 9.17) is 11.3 Å². The summed E-state index contributed by atoms with van der Waals surface area (Å²) in [6.07, 6.45) is 0. The Labute approximate surface area is 132 Å². The highest BCUT2D eigenvalue weighted by atomic mass is 15.2. The molecule has 0 aliphatic rings. The van der Waals surface area contributed by atoms with Crippen LogP contribution in [0, 0.1) is 11.3 Å². The molecule has 2 rings (SSSR count). The number of nitrogens with two attached hydrogens (primary N) is 1. The Morgan fingerprint density at radius 2 is 1.77 bits per heavy atom. The van der Waals surface area contributed by atoms with Crippen LogP contribution < -0.4 is 16.6 Å². The van der Waals surface area contributed by atoms with Crippen molar-refractivity contribution in [1.29, 1.82) is 5.41 Å². The SMILES string of the molecule is CC(C)CNCc1ccc(-c2ccccc2C(=N)NN)cc1. The lowest BCUT2D eigenvalue weighted by atomic mass is 9.98. The number of hydrogen-bond acceptors (Lipinski definition) is 3. The van der Waals surface area contributed by atoms with Gasteiger partial charge in [-0.15, -0.1) is 0 Å². The molecule has 4 heteroatoms. The van der Waals surface area contributed by atoms with Gasteiger partial charge >= 0.3 is 0 Å². The van der Waals surface area contributed by atoms with Crippen molar-refractivity contribution < 1.29 is 0 Å². The van der Waals surface area contributed by atoms with E-state index in [9.17, 15) is 0 Å². The Balaban J connectivity index is 2.15. The van der Waals surface area contributed by atoms with E-state index in [0.717, 1.165) is 29.8 Å². The molecule has 0 radical (unpaired) electrons. The van der Waals surface area contributed by atoms with Crippen LogP contribution in [-0.2, 0) is 6.54 Å². The lowest BCUT2D eigenvalue weighted by Crippen LogP contribution is -2.30. The van der Waals surface area contributed by atoms with E-state index in [2.05, 4.69) is 48.9 Å². The van der Waals surface area contributed by atoms with Crippen molar-refractivity contribution in [2.45, 2.75) is 20.4 Å². The van der Waals surface area contributed by atoms with Crippen LogP contribution >= 0.6 is 0 Å². The van der Waals surface area contributed by atoms with Gasteiger partial charge in [-0.05, 0) is 29.2 Å². The summed E-state index contributed by atoms with van der Waals surface area (Å²) < 4.78 is 0. The average molecular weight is 296 g/mol. The normalized spacial score (nSPS) is 10.7. The number of amidine groups is 1. The van der Waals surface area contributed by atoms with Crippen molar-refractivity contribution in [2.24, 2.45) is 11.8 Å².